The average Bonchev–Trinajstić information content (AvgIpc) is 2.57. The number of amides is 2. The summed E-state index contributed by atoms with van der Waals surface area (Å²) in [7, 11) is 1.74. The molecule has 2 N–H and O–H groups in total. The van der Waals surface area contributed by atoms with Crippen LogP contribution in [0.25, 0.3) is 0 Å². The summed E-state index contributed by atoms with van der Waals surface area (Å²) in [5.74, 6) is -0.0167. The largest absolute Gasteiger partial charge is 0.492 e. The Morgan fingerprint density at radius 1 is 1.27 bits per heavy atom. The number of carbonyl (C=O) groups excluding carboxylic acids is 1. The Balaban J connectivity index is 1.65. The van der Waals surface area contributed by atoms with Crippen LogP contribution in [0.1, 0.15) is 25.3 Å². The lowest BCUT2D eigenvalue weighted by atomic mass is 9.85. The van der Waals surface area contributed by atoms with Gasteiger partial charge in [0.1, 0.15) is 12.4 Å². The molecule has 1 fully saturated rings. The molecule has 1 aliphatic carbocycles. The van der Waals surface area contributed by atoms with Gasteiger partial charge in [0.15, 0.2) is 0 Å². The summed E-state index contributed by atoms with van der Waals surface area (Å²) in [5.41, 5.74) is 1.18. The van der Waals surface area contributed by atoms with Crippen molar-refractivity contribution < 1.29 is 19.4 Å². The first-order valence-corrected chi connectivity index (χ1v) is 9.06. The quantitative estimate of drug-likeness (QED) is 0.701. The third-order valence-electron chi connectivity index (χ3n) is 4.76. The number of urea groups is 1. The van der Waals surface area contributed by atoms with E-state index in [1.807, 2.05) is 43.0 Å². The lowest BCUT2D eigenvalue weighted by Crippen LogP contribution is -2.56. The molecular weight excluding hydrogens is 334 g/mol. The molecule has 0 radical (unpaired) electrons. The number of carboxylic acid groups (broad SMARTS) is 1. The van der Waals surface area contributed by atoms with Crippen molar-refractivity contribution in [2.75, 3.05) is 33.3 Å². The van der Waals surface area contributed by atoms with Crippen molar-refractivity contribution in [3.8, 4) is 5.75 Å². The van der Waals surface area contributed by atoms with Crippen LogP contribution in [0, 0.1) is 6.92 Å². The van der Waals surface area contributed by atoms with Crippen LogP contribution < -0.4 is 10.1 Å². The van der Waals surface area contributed by atoms with Crippen LogP contribution in [0.5, 0.6) is 5.75 Å². The van der Waals surface area contributed by atoms with Crippen LogP contribution in [0.2, 0.25) is 0 Å². The minimum atomic E-state index is -0.812. The van der Waals surface area contributed by atoms with Gasteiger partial charge in [0.05, 0.1) is 13.1 Å². The zero-order valence-electron chi connectivity index (χ0n) is 15.8. The van der Waals surface area contributed by atoms with Crippen LogP contribution >= 0.6 is 0 Å². The summed E-state index contributed by atoms with van der Waals surface area (Å²) in [6.45, 7) is 5.66. The molecule has 7 nitrogen and oxygen atoms in total. The number of likely N-dealkylation sites (N-methyl/N-ethyl adjacent to an activating group) is 2. The number of carboxylic acids is 1. The van der Waals surface area contributed by atoms with E-state index in [0.717, 1.165) is 18.6 Å². The van der Waals surface area contributed by atoms with Crippen molar-refractivity contribution in [1.29, 1.82) is 0 Å². The highest BCUT2D eigenvalue weighted by atomic mass is 16.5. The van der Waals surface area contributed by atoms with Gasteiger partial charge < -0.3 is 20.1 Å². The molecule has 1 aliphatic rings. The molecule has 0 bridgehead atoms. The molecule has 0 atom stereocenters. The van der Waals surface area contributed by atoms with Crippen molar-refractivity contribution in [3.63, 3.8) is 0 Å². The fourth-order valence-corrected chi connectivity index (χ4v) is 3.00. The number of aliphatic carboxylic acids is 1. The third-order valence-corrected chi connectivity index (χ3v) is 4.76. The summed E-state index contributed by atoms with van der Waals surface area (Å²) in [5, 5.41) is 11.9. The Bertz CT molecular complexity index is 599. The second kappa shape index (κ2) is 9.43. The molecule has 1 saturated carbocycles. The van der Waals surface area contributed by atoms with Crippen LogP contribution in [-0.2, 0) is 4.79 Å². The first-order valence-electron chi connectivity index (χ1n) is 9.06. The maximum Gasteiger partial charge on any atom is 0.317 e. The fraction of sp³-hybridized carbons (Fsp3) is 0.579. The van der Waals surface area contributed by atoms with Gasteiger partial charge in [-0.2, -0.15) is 0 Å². The maximum absolute atomic E-state index is 12.2. The molecule has 1 aromatic carbocycles. The summed E-state index contributed by atoms with van der Waals surface area (Å²) in [6.07, 6.45) is 1.58. The molecule has 2 amide bonds. The predicted octanol–water partition coefficient (Wildman–Crippen LogP) is 1.95. The number of carbonyl (C=O) groups is 2. The topological polar surface area (TPSA) is 82.1 Å². The number of nitrogens with zero attached hydrogens (tertiary/aromatic N) is 2. The van der Waals surface area contributed by atoms with Crippen LogP contribution in [0.3, 0.4) is 0 Å². The van der Waals surface area contributed by atoms with Gasteiger partial charge in [-0.3, -0.25) is 9.69 Å². The second-order valence-corrected chi connectivity index (χ2v) is 6.81. The Morgan fingerprint density at radius 2 is 1.92 bits per heavy atom. The molecule has 0 aromatic heterocycles. The Labute approximate surface area is 154 Å². The number of aryl methyl sites for hydroxylation is 1. The molecular formula is C19H29N3O4. The van der Waals surface area contributed by atoms with E-state index in [1.54, 1.807) is 11.9 Å². The zero-order valence-corrected chi connectivity index (χ0v) is 15.8. The SMILES string of the molecule is CCN(CC(=O)O)C1CC(NC(=O)N(C)CCOc2ccc(C)cc2)C1. The highest BCUT2D eigenvalue weighted by molar-refractivity contribution is 5.74. The Morgan fingerprint density at radius 3 is 2.50 bits per heavy atom. The number of hydrogen-bond acceptors (Lipinski definition) is 4. The summed E-state index contributed by atoms with van der Waals surface area (Å²) >= 11 is 0. The lowest BCUT2D eigenvalue weighted by Gasteiger charge is -2.42. The molecule has 0 unspecified atom stereocenters. The van der Waals surface area contributed by atoms with E-state index >= 15 is 0 Å². The number of benzene rings is 1. The van der Waals surface area contributed by atoms with E-state index in [2.05, 4.69) is 5.32 Å². The Kier molecular flexibility index (Phi) is 7.26. The average molecular weight is 363 g/mol. The van der Waals surface area contributed by atoms with Gasteiger partial charge in [-0.1, -0.05) is 24.6 Å². The highest BCUT2D eigenvalue weighted by Gasteiger charge is 2.35. The van der Waals surface area contributed by atoms with Crippen molar-refractivity contribution >= 4 is 12.0 Å². The fourth-order valence-electron chi connectivity index (χ4n) is 3.00. The van der Waals surface area contributed by atoms with E-state index in [4.69, 9.17) is 9.84 Å². The normalized spacial score (nSPS) is 18.9. The van der Waals surface area contributed by atoms with Crippen LogP contribution in [0.15, 0.2) is 24.3 Å². The van der Waals surface area contributed by atoms with Gasteiger partial charge in [0.25, 0.3) is 0 Å². The molecule has 26 heavy (non-hydrogen) atoms. The standard InChI is InChI=1S/C19H29N3O4/c1-4-22(13-18(23)24)16-11-15(12-16)20-19(25)21(3)9-10-26-17-7-5-14(2)6-8-17/h5-8,15-16H,4,9-13H2,1-3H3,(H,20,25)(H,23,24). The smallest absolute Gasteiger partial charge is 0.317 e. The zero-order chi connectivity index (χ0) is 19.1. The molecule has 1 aromatic rings. The van der Waals surface area contributed by atoms with Crippen molar-refractivity contribution in [1.82, 2.24) is 15.1 Å². The number of nitrogens with one attached hydrogen (secondary N) is 1. The number of rotatable bonds is 9. The molecule has 0 aliphatic heterocycles. The van der Waals surface area contributed by atoms with Crippen molar-refractivity contribution in [2.24, 2.45) is 0 Å². The van der Waals surface area contributed by atoms with Gasteiger partial charge in [0, 0.05) is 19.1 Å². The van der Waals surface area contributed by atoms with E-state index in [-0.39, 0.29) is 24.7 Å². The summed E-state index contributed by atoms with van der Waals surface area (Å²) < 4.78 is 5.64. The molecule has 0 spiro atoms. The van der Waals surface area contributed by atoms with Gasteiger partial charge in [-0.15, -0.1) is 0 Å². The van der Waals surface area contributed by atoms with Crippen LogP contribution in [-0.4, -0.2) is 72.3 Å². The third kappa shape index (κ3) is 5.91. The second-order valence-electron chi connectivity index (χ2n) is 6.81. The molecule has 7 heteroatoms. The van der Waals surface area contributed by atoms with Gasteiger partial charge in [-0.05, 0) is 38.4 Å². The van der Waals surface area contributed by atoms with Crippen molar-refractivity contribution in [2.45, 2.75) is 38.8 Å². The van der Waals surface area contributed by atoms with E-state index in [0.29, 0.717) is 19.7 Å². The van der Waals surface area contributed by atoms with E-state index < -0.39 is 5.97 Å². The number of hydrogen-bond donors (Lipinski definition) is 2. The van der Waals surface area contributed by atoms with Crippen molar-refractivity contribution in [3.05, 3.63) is 29.8 Å². The molecule has 0 heterocycles. The van der Waals surface area contributed by atoms with E-state index in [1.165, 1.54) is 5.56 Å². The summed E-state index contributed by atoms with van der Waals surface area (Å²) in [4.78, 5) is 26.6. The minimum absolute atomic E-state index is 0.0537. The van der Waals surface area contributed by atoms with E-state index in [9.17, 15) is 9.59 Å². The minimum Gasteiger partial charge on any atom is -0.492 e. The summed E-state index contributed by atoms with van der Waals surface area (Å²) in [6, 6.07) is 8.03. The van der Waals surface area contributed by atoms with Gasteiger partial charge >= 0.3 is 12.0 Å². The Hall–Kier alpha value is -2.28. The van der Waals surface area contributed by atoms with Crippen LogP contribution in [0.4, 0.5) is 4.79 Å². The highest BCUT2D eigenvalue weighted by Crippen LogP contribution is 2.25. The van der Waals surface area contributed by atoms with Gasteiger partial charge in [0.2, 0.25) is 0 Å². The predicted molar refractivity (Wildman–Crippen MR) is 99.5 cm³/mol. The van der Waals surface area contributed by atoms with Gasteiger partial charge in [-0.25, -0.2) is 4.79 Å². The first kappa shape index (κ1) is 20.0. The molecule has 144 valence electrons. The molecule has 0 saturated heterocycles. The number of ether oxygens (including phenoxy) is 1. The lowest BCUT2D eigenvalue weighted by molar-refractivity contribution is -0.139. The maximum atomic E-state index is 12.2. The molecule has 2 rings (SSSR count). The monoisotopic (exact) mass is 363 g/mol. The first-order chi connectivity index (χ1) is 12.4.